The lowest BCUT2D eigenvalue weighted by Gasteiger charge is -2.27. The van der Waals surface area contributed by atoms with Crippen LogP contribution in [0.15, 0.2) is 54.1 Å². The average Bonchev–Trinajstić information content (AvgIpc) is 3.12. The van der Waals surface area contributed by atoms with Crippen molar-refractivity contribution in [2.24, 2.45) is 0 Å². The van der Waals surface area contributed by atoms with Crippen LogP contribution < -0.4 is 4.74 Å². The van der Waals surface area contributed by atoms with Crippen molar-refractivity contribution in [1.82, 2.24) is 9.80 Å². The van der Waals surface area contributed by atoms with Crippen LogP contribution in [-0.4, -0.2) is 59.4 Å². The highest BCUT2D eigenvalue weighted by atomic mass is 16.5. The normalized spacial score (nSPS) is 17.6. The van der Waals surface area contributed by atoms with Gasteiger partial charge in [0.25, 0.3) is 11.7 Å². The van der Waals surface area contributed by atoms with E-state index < -0.39 is 17.7 Å². The van der Waals surface area contributed by atoms with E-state index in [1.165, 1.54) is 5.56 Å². The first-order chi connectivity index (χ1) is 16.8. The highest BCUT2D eigenvalue weighted by Gasteiger charge is 2.45. The number of amides is 1. The number of benzene rings is 2. The Morgan fingerprint density at radius 2 is 1.63 bits per heavy atom. The molecule has 0 aliphatic carbocycles. The lowest BCUT2D eigenvalue weighted by molar-refractivity contribution is -0.140. The number of Topliss-reactive ketones (excluding diaryl/α,β-unsaturated/α-hetero) is 1. The Kier molecular flexibility index (Phi) is 9.10. The quantitative estimate of drug-likeness (QED) is 0.267. The predicted molar refractivity (Wildman–Crippen MR) is 140 cm³/mol. The van der Waals surface area contributed by atoms with Gasteiger partial charge < -0.3 is 19.6 Å². The van der Waals surface area contributed by atoms with Gasteiger partial charge in [0.1, 0.15) is 11.5 Å². The molecule has 1 N–H and O–H groups in total. The molecular formula is C29H38N2O4. The second-order valence-electron chi connectivity index (χ2n) is 9.15. The molecule has 0 bridgehead atoms. The molecule has 0 saturated carbocycles. The lowest BCUT2D eigenvalue weighted by Crippen LogP contribution is -2.33. The van der Waals surface area contributed by atoms with Crippen molar-refractivity contribution in [2.45, 2.75) is 53.0 Å². The Bertz CT molecular complexity index is 1040. The van der Waals surface area contributed by atoms with Gasteiger partial charge in [-0.3, -0.25) is 9.59 Å². The van der Waals surface area contributed by atoms with Crippen LogP contribution in [0.2, 0.25) is 0 Å². The van der Waals surface area contributed by atoms with Crippen LogP contribution in [0.1, 0.15) is 69.7 Å². The summed E-state index contributed by atoms with van der Waals surface area (Å²) in [5.74, 6) is -0.308. The third-order valence-corrected chi connectivity index (χ3v) is 6.67. The van der Waals surface area contributed by atoms with E-state index in [1.54, 1.807) is 29.2 Å². The number of carbonyl (C=O) groups excluding carboxylic acids is 2. The van der Waals surface area contributed by atoms with Crippen LogP contribution >= 0.6 is 0 Å². The number of hydrogen-bond acceptors (Lipinski definition) is 5. The first-order valence-electron chi connectivity index (χ1n) is 12.7. The smallest absolute Gasteiger partial charge is 0.295 e. The number of nitrogens with zero attached hydrogens (tertiary/aromatic N) is 2. The molecule has 188 valence electrons. The van der Waals surface area contributed by atoms with E-state index in [2.05, 4.69) is 32.6 Å². The molecule has 3 rings (SSSR count). The second kappa shape index (κ2) is 12.0. The zero-order valence-corrected chi connectivity index (χ0v) is 21.6. The lowest BCUT2D eigenvalue weighted by atomic mass is 9.93. The van der Waals surface area contributed by atoms with E-state index in [-0.39, 0.29) is 11.3 Å². The van der Waals surface area contributed by atoms with Crippen LogP contribution in [0.25, 0.3) is 5.76 Å². The topological polar surface area (TPSA) is 70.1 Å². The van der Waals surface area contributed by atoms with Crippen LogP contribution in [0.4, 0.5) is 0 Å². The SMILES string of the molecule is CCOc1ccc(C(O)=C2C(=O)C(=O)N(CCCN(CC)CC)[C@@H]2c2ccc(C(C)C)cc2)cc1. The van der Waals surface area contributed by atoms with Gasteiger partial charge in [-0.2, -0.15) is 0 Å². The maximum Gasteiger partial charge on any atom is 0.295 e. The molecule has 6 heteroatoms. The molecule has 1 atom stereocenters. The summed E-state index contributed by atoms with van der Waals surface area (Å²) in [6.45, 7) is 14.1. The summed E-state index contributed by atoms with van der Waals surface area (Å²) in [6, 6.07) is 14.3. The van der Waals surface area contributed by atoms with Gasteiger partial charge in [-0.15, -0.1) is 0 Å². The molecule has 0 unspecified atom stereocenters. The first kappa shape index (κ1) is 26.5. The summed E-state index contributed by atoms with van der Waals surface area (Å²) in [5, 5.41) is 11.2. The van der Waals surface area contributed by atoms with Crippen molar-refractivity contribution < 1.29 is 19.4 Å². The van der Waals surface area contributed by atoms with E-state index >= 15 is 0 Å². The van der Waals surface area contributed by atoms with Crippen LogP contribution in [0.3, 0.4) is 0 Å². The molecule has 0 aromatic heterocycles. The summed E-state index contributed by atoms with van der Waals surface area (Å²) in [7, 11) is 0. The van der Waals surface area contributed by atoms with Crippen molar-refractivity contribution in [3.05, 3.63) is 70.8 Å². The van der Waals surface area contributed by atoms with E-state index in [9.17, 15) is 14.7 Å². The molecule has 1 heterocycles. The van der Waals surface area contributed by atoms with Crippen molar-refractivity contribution in [2.75, 3.05) is 32.8 Å². The number of likely N-dealkylation sites (tertiary alicyclic amines) is 1. The number of aliphatic hydroxyl groups excluding tert-OH is 1. The fraction of sp³-hybridized carbons (Fsp3) is 0.448. The maximum atomic E-state index is 13.2. The molecule has 0 radical (unpaired) electrons. The Hall–Kier alpha value is -3.12. The summed E-state index contributed by atoms with van der Waals surface area (Å²) in [6.07, 6.45) is 0.748. The third kappa shape index (κ3) is 5.93. The van der Waals surface area contributed by atoms with Gasteiger partial charge in [-0.1, -0.05) is 52.0 Å². The summed E-state index contributed by atoms with van der Waals surface area (Å²) in [5.41, 5.74) is 2.63. The number of aliphatic hydroxyl groups is 1. The maximum absolute atomic E-state index is 13.2. The van der Waals surface area contributed by atoms with Crippen LogP contribution in [0, 0.1) is 0 Å². The van der Waals surface area contributed by atoms with Gasteiger partial charge in [-0.05, 0) is 74.3 Å². The minimum Gasteiger partial charge on any atom is -0.507 e. The second-order valence-corrected chi connectivity index (χ2v) is 9.15. The molecule has 1 amide bonds. The summed E-state index contributed by atoms with van der Waals surface area (Å²) >= 11 is 0. The van der Waals surface area contributed by atoms with Gasteiger partial charge in [0.2, 0.25) is 0 Å². The number of hydrogen-bond donors (Lipinski definition) is 1. The van der Waals surface area contributed by atoms with Crippen molar-refractivity contribution in [3.8, 4) is 5.75 Å². The van der Waals surface area contributed by atoms with Crippen molar-refractivity contribution in [1.29, 1.82) is 0 Å². The highest BCUT2D eigenvalue weighted by molar-refractivity contribution is 6.46. The highest BCUT2D eigenvalue weighted by Crippen LogP contribution is 2.40. The van der Waals surface area contributed by atoms with Gasteiger partial charge in [-0.25, -0.2) is 0 Å². The minimum atomic E-state index is -0.642. The van der Waals surface area contributed by atoms with E-state index in [0.29, 0.717) is 30.4 Å². The Morgan fingerprint density at radius 3 is 2.17 bits per heavy atom. The minimum absolute atomic E-state index is 0.138. The molecule has 6 nitrogen and oxygen atoms in total. The monoisotopic (exact) mass is 478 g/mol. The first-order valence-corrected chi connectivity index (χ1v) is 12.7. The summed E-state index contributed by atoms with van der Waals surface area (Å²) in [4.78, 5) is 30.3. The van der Waals surface area contributed by atoms with Crippen LogP contribution in [0.5, 0.6) is 5.75 Å². The number of rotatable bonds is 11. The molecule has 1 saturated heterocycles. The molecule has 1 aliphatic rings. The van der Waals surface area contributed by atoms with Gasteiger partial charge >= 0.3 is 0 Å². The molecule has 35 heavy (non-hydrogen) atoms. The van der Waals surface area contributed by atoms with E-state index in [4.69, 9.17) is 4.74 Å². The molecule has 1 fully saturated rings. The molecule has 2 aromatic carbocycles. The third-order valence-electron chi connectivity index (χ3n) is 6.67. The van der Waals surface area contributed by atoms with Gasteiger partial charge in [0.15, 0.2) is 0 Å². The van der Waals surface area contributed by atoms with E-state index in [1.807, 2.05) is 31.2 Å². The predicted octanol–water partition coefficient (Wildman–Crippen LogP) is 5.36. The Morgan fingerprint density at radius 1 is 1.00 bits per heavy atom. The van der Waals surface area contributed by atoms with E-state index in [0.717, 1.165) is 31.6 Å². The zero-order chi connectivity index (χ0) is 25.5. The number of ether oxygens (including phenoxy) is 1. The molecule has 0 spiro atoms. The molecular weight excluding hydrogens is 440 g/mol. The average molecular weight is 479 g/mol. The van der Waals surface area contributed by atoms with Gasteiger partial charge in [0.05, 0.1) is 18.2 Å². The molecule has 1 aliphatic heterocycles. The van der Waals surface area contributed by atoms with Crippen molar-refractivity contribution in [3.63, 3.8) is 0 Å². The Labute approximate surface area is 209 Å². The van der Waals surface area contributed by atoms with Gasteiger partial charge in [0, 0.05) is 12.1 Å². The zero-order valence-electron chi connectivity index (χ0n) is 21.6. The number of carbonyl (C=O) groups is 2. The van der Waals surface area contributed by atoms with Crippen molar-refractivity contribution >= 4 is 17.4 Å². The largest absolute Gasteiger partial charge is 0.507 e. The van der Waals surface area contributed by atoms with Crippen LogP contribution in [-0.2, 0) is 9.59 Å². The Balaban J connectivity index is 2.01. The fourth-order valence-corrected chi connectivity index (χ4v) is 4.56. The fourth-order valence-electron chi connectivity index (χ4n) is 4.56. The summed E-state index contributed by atoms with van der Waals surface area (Å²) < 4.78 is 5.49. The number of ketones is 1. The standard InChI is InChI=1S/C29H38N2O4/c1-6-30(7-2)18-9-19-31-26(22-12-10-21(11-13-22)20(4)5)25(28(33)29(31)34)27(32)23-14-16-24(17-15-23)35-8-3/h10-17,20,26,32H,6-9,18-19H2,1-5H3/t26-/m1/s1. The molecule has 2 aromatic rings.